The first-order valence-electron chi connectivity index (χ1n) is 6.14. The highest BCUT2D eigenvalue weighted by Gasteiger charge is 2.09. The molecule has 0 aromatic rings. The van der Waals surface area contributed by atoms with Crippen molar-refractivity contribution in [3.05, 3.63) is 0 Å². The van der Waals surface area contributed by atoms with Gasteiger partial charge in [-0.05, 0) is 53.1 Å². The third-order valence-corrected chi connectivity index (χ3v) is 2.32. The lowest BCUT2D eigenvalue weighted by Gasteiger charge is -2.21. The van der Waals surface area contributed by atoms with Gasteiger partial charge in [-0.15, -0.1) is 0 Å². The van der Waals surface area contributed by atoms with Crippen LogP contribution in [-0.2, 0) is 4.79 Å². The number of nitrogens with one attached hydrogen (secondary N) is 1. The van der Waals surface area contributed by atoms with E-state index in [0.717, 1.165) is 25.9 Å². The molecule has 0 fully saturated rings. The molecule has 0 spiro atoms. The van der Waals surface area contributed by atoms with Crippen molar-refractivity contribution in [1.29, 1.82) is 0 Å². The third kappa shape index (κ3) is 10.2. The Morgan fingerprint density at radius 2 is 1.65 bits per heavy atom. The number of nitrogens with two attached hydrogens (primary N) is 2. The van der Waals surface area contributed by atoms with Crippen molar-refractivity contribution >= 4 is 5.91 Å². The summed E-state index contributed by atoms with van der Waals surface area (Å²) in [6, 6.07) is 0. The van der Waals surface area contributed by atoms with Crippen LogP contribution in [0.4, 0.5) is 0 Å². The average molecular weight is 245 g/mol. The van der Waals surface area contributed by atoms with Crippen LogP contribution in [0.25, 0.3) is 0 Å². The fourth-order valence-corrected chi connectivity index (χ4v) is 1.40. The molecule has 0 aromatic carbocycles. The van der Waals surface area contributed by atoms with E-state index in [0.29, 0.717) is 26.3 Å². The predicted molar refractivity (Wildman–Crippen MR) is 70.5 cm³/mol. The number of nitrogens with zero attached hydrogens (tertiary/aromatic N) is 2. The summed E-state index contributed by atoms with van der Waals surface area (Å²) in [5.74, 6) is 0.0488. The Balaban J connectivity index is 3.89. The Hall–Kier alpha value is -0.690. The van der Waals surface area contributed by atoms with Gasteiger partial charge >= 0.3 is 0 Å². The second kappa shape index (κ2) is 10.5. The molecular formula is C11H27N5O. The van der Waals surface area contributed by atoms with Crippen LogP contribution < -0.4 is 16.8 Å². The van der Waals surface area contributed by atoms with Crippen molar-refractivity contribution in [3.63, 3.8) is 0 Å². The molecule has 0 unspecified atom stereocenters. The molecule has 6 nitrogen and oxygen atoms in total. The Kier molecular flexibility index (Phi) is 10.0. The predicted octanol–water partition coefficient (Wildman–Crippen LogP) is -1.38. The summed E-state index contributed by atoms with van der Waals surface area (Å²) >= 11 is 0. The highest BCUT2D eigenvalue weighted by atomic mass is 16.2. The van der Waals surface area contributed by atoms with Gasteiger partial charge in [0, 0.05) is 0 Å². The van der Waals surface area contributed by atoms with Gasteiger partial charge in [-0.2, -0.15) is 0 Å². The van der Waals surface area contributed by atoms with Crippen LogP contribution in [0, 0.1) is 0 Å². The first-order chi connectivity index (χ1) is 8.10. The standard InChI is InChI=1S/C11H27N5O/c1-15(2)10-14-11(17)9-16(7-3-5-12)8-4-6-13/h3-10,12-13H2,1-2H3,(H,14,17). The molecule has 5 N–H and O–H groups in total. The van der Waals surface area contributed by atoms with Gasteiger partial charge in [0.2, 0.25) is 5.91 Å². The van der Waals surface area contributed by atoms with E-state index in [1.807, 2.05) is 19.0 Å². The molecule has 0 aliphatic rings. The SMILES string of the molecule is CN(C)CNC(=O)CN(CCCN)CCCN. The highest BCUT2D eigenvalue weighted by molar-refractivity contribution is 5.77. The van der Waals surface area contributed by atoms with Gasteiger partial charge in [0.25, 0.3) is 0 Å². The minimum absolute atomic E-state index is 0.0488. The van der Waals surface area contributed by atoms with Gasteiger partial charge in [-0.3, -0.25) is 14.6 Å². The van der Waals surface area contributed by atoms with Crippen LogP contribution in [-0.4, -0.2) is 69.2 Å². The molecule has 17 heavy (non-hydrogen) atoms. The van der Waals surface area contributed by atoms with E-state index >= 15 is 0 Å². The number of hydrogen-bond donors (Lipinski definition) is 3. The molecule has 6 heteroatoms. The molecule has 0 rings (SSSR count). The van der Waals surface area contributed by atoms with Crippen molar-refractivity contribution < 1.29 is 4.79 Å². The van der Waals surface area contributed by atoms with Gasteiger partial charge in [-0.1, -0.05) is 0 Å². The zero-order valence-corrected chi connectivity index (χ0v) is 11.1. The molecule has 0 aliphatic heterocycles. The number of rotatable bonds is 10. The summed E-state index contributed by atoms with van der Waals surface area (Å²) in [5, 5.41) is 2.85. The first kappa shape index (κ1) is 16.3. The maximum atomic E-state index is 11.6. The second-order valence-electron chi connectivity index (χ2n) is 4.40. The van der Waals surface area contributed by atoms with Crippen molar-refractivity contribution in [3.8, 4) is 0 Å². The third-order valence-electron chi connectivity index (χ3n) is 2.32. The Morgan fingerprint density at radius 3 is 2.06 bits per heavy atom. The number of carbonyl (C=O) groups excluding carboxylic acids is 1. The highest BCUT2D eigenvalue weighted by Crippen LogP contribution is 1.93. The van der Waals surface area contributed by atoms with E-state index in [1.165, 1.54) is 0 Å². The van der Waals surface area contributed by atoms with Crippen LogP contribution in [0.15, 0.2) is 0 Å². The smallest absolute Gasteiger partial charge is 0.235 e. The van der Waals surface area contributed by atoms with Gasteiger partial charge in [-0.25, -0.2) is 0 Å². The van der Waals surface area contributed by atoms with Crippen molar-refractivity contribution in [2.24, 2.45) is 11.5 Å². The Morgan fingerprint density at radius 1 is 1.12 bits per heavy atom. The van der Waals surface area contributed by atoms with Crippen molar-refractivity contribution in [2.45, 2.75) is 12.8 Å². The van der Waals surface area contributed by atoms with Crippen molar-refractivity contribution in [1.82, 2.24) is 15.1 Å². The minimum Gasteiger partial charge on any atom is -0.342 e. The monoisotopic (exact) mass is 245 g/mol. The zero-order chi connectivity index (χ0) is 13.1. The van der Waals surface area contributed by atoms with E-state index in [4.69, 9.17) is 11.5 Å². The second-order valence-corrected chi connectivity index (χ2v) is 4.40. The molecule has 0 bridgehead atoms. The summed E-state index contributed by atoms with van der Waals surface area (Å²) in [6.07, 6.45) is 1.82. The summed E-state index contributed by atoms with van der Waals surface area (Å²) in [4.78, 5) is 15.7. The van der Waals surface area contributed by atoms with Crippen LogP contribution in [0.1, 0.15) is 12.8 Å². The lowest BCUT2D eigenvalue weighted by molar-refractivity contribution is -0.122. The Labute approximate surface area is 104 Å². The molecule has 0 atom stereocenters. The van der Waals surface area contributed by atoms with Gasteiger partial charge < -0.3 is 16.8 Å². The number of amides is 1. The fourth-order valence-electron chi connectivity index (χ4n) is 1.40. The van der Waals surface area contributed by atoms with Gasteiger partial charge in [0.1, 0.15) is 0 Å². The molecule has 0 saturated carbocycles. The summed E-state index contributed by atoms with van der Waals surface area (Å²) < 4.78 is 0. The van der Waals surface area contributed by atoms with E-state index in [9.17, 15) is 4.79 Å². The maximum absolute atomic E-state index is 11.6. The number of carbonyl (C=O) groups is 1. The van der Waals surface area contributed by atoms with Crippen molar-refractivity contribution in [2.75, 3.05) is 53.5 Å². The molecule has 0 heterocycles. The Bertz CT molecular complexity index is 190. The minimum atomic E-state index is 0.0488. The lowest BCUT2D eigenvalue weighted by atomic mass is 10.3. The molecule has 0 aliphatic carbocycles. The summed E-state index contributed by atoms with van der Waals surface area (Å²) in [7, 11) is 3.84. The van der Waals surface area contributed by atoms with Crippen LogP contribution in [0.5, 0.6) is 0 Å². The topological polar surface area (TPSA) is 87.6 Å². The average Bonchev–Trinajstić information content (AvgIpc) is 2.30. The van der Waals surface area contributed by atoms with Gasteiger partial charge in [0.05, 0.1) is 13.2 Å². The van der Waals surface area contributed by atoms with E-state index in [-0.39, 0.29) is 5.91 Å². The molecule has 102 valence electrons. The zero-order valence-electron chi connectivity index (χ0n) is 11.1. The van der Waals surface area contributed by atoms with E-state index in [2.05, 4.69) is 10.2 Å². The lowest BCUT2D eigenvalue weighted by Crippen LogP contribution is -2.42. The van der Waals surface area contributed by atoms with Crippen LogP contribution >= 0.6 is 0 Å². The van der Waals surface area contributed by atoms with Gasteiger partial charge in [0.15, 0.2) is 0 Å². The maximum Gasteiger partial charge on any atom is 0.235 e. The van der Waals surface area contributed by atoms with E-state index < -0.39 is 0 Å². The summed E-state index contributed by atoms with van der Waals surface area (Å²) in [6.45, 7) is 4.00. The molecule has 1 amide bonds. The number of hydrogen-bond acceptors (Lipinski definition) is 5. The van der Waals surface area contributed by atoms with E-state index in [1.54, 1.807) is 0 Å². The molecule has 0 aromatic heterocycles. The largest absolute Gasteiger partial charge is 0.342 e. The van der Waals surface area contributed by atoms with Crippen LogP contribution in [0.3, 0.4) is 0 Å². The fraction of sp³-hybridized carbons (Fsp3) is 0.909. The quantitative estimate of drug-likeness (QED) is 0.413. The van der Waals surface area contributed by atoms with Crippen LogP contribution in [0.2, 0.25) is 0 Å². The molecular weight excluding hydrogens is 218 g/mol. The normalized spacial score (nSPS) is 11.2. The molecule has 0 saturated heterocycles. The molecule has 0 radical (unpaired) electrons. The summed E-state index contributed by atoms with van der Waals surface area (Å²) in [5.41, 5.74) is 11.0. The first-order valence-corrected chi connectivity index (χ1v) is 6.14.